The van der Waals surface area contributed by atoms with Crippen LogP contribution in [-0.4, -0.2) is 68.2 Å². The molecule has 0 saturated carbocycles. The van der Waals surface area contributed by atoms with Crippen LogP contribution < -0.4 is 10.1 Å². The van der Waals surface area contributed by atoms with Gasteiger partial charge >= 0.3 is 6.03 Å². The van der Waals surface area contributed by atoms with Crippen molar-refractivity contribution in [2.45, 2.75) is 25.8 Å². The summed E-state index contributed by atoms with van der Waals surface area (Å²) in [5, 5.41) is 4.79. The second-order valence-electron chi connectivity index (χ2n) is 7.52. The first-order chi connectivity index (χ1) is 15.5. The SMILES string of the molecule is CCNC(=O)N(CCCOC)CC(=O)N1CCc2sccc2C1COc1cccc(F)c1. The van der Waals surface area contributed by atoms with Gasteiger partial charge in [0.05, 0.1) is 6.04 Å². The number of benzene rings is 1. The number of methoxy groups -OCH3 is 1. The average molecular weight is 464 g/mol. The van der Waals surface area contributed by atoms with Crippen LogP contribution in [0.3, 0.4) is 0 Å². The van der Waals surface area contributed by atoms with Gasteiger partial charge in [0, 0.05) is 44.3 Å². The van der Waals surface area contributed by atoms with Crippen LogP contribution in [-0.2, 0) is 16.0 Å². The van der Waals surface area contributed by atoms with Crippen molar-refractivity contribution in [1.82, 2.24) is 15.1 Å². The predicted octanol–water partition coefficient (Wildman–Crippen LogP) is 3.46. The number of carbonyl (C=O) groups is 2. The topological polar surface area (TPSA) is 71.1 Å². The number of ether oxygens (including phenoxy) is 2. The number of carbonyl (C=O) groups excluding carboxylic acids is 2. The molecule has 0 fully saturated rings. The van der Waals surface area contributed by atoms with Gasteiger partial charge in [-0.3, -0.25) is 4.79 Å². The second kappa shape index (κ2) is 11.8. The fraction of sp³-hybridized carbons (Fsp3) is 0.478. The van der Waals surface area contributed by atoms with E-state index in [1.165, 1.54) is 21.9 Å². The Morgan fingerprint density at radius 2 is 2.19 bits per heavy atom. The molecule has 1 aromatic heterocycles. The van der Waals surface area contributed by atoms with Crippen LogP contribution in [0.4, 0.5) is 9.18 Å². The third kappa shape index (κ3) is 6.20. The summed E-state index contributed by atoms with van der Waals surface area (Å²) < 4.78 is 24.5. The van der Waals surface area contributed by atoms with E-state index in [0.717, 1.165) is 12.0 Å². The lowest BCUT2D eigenvalue weighted by Crippen LogP contribution is -2.50. The molecule has 1 aliphatic rings. The maximum atomic E-state index is 13.5. The Morgan fingerprint density at radius 3 is 2.94 bits per heavy atom. The van der Waals surface area contributed by atoms with Gasteiger partial charge in [0.15, 0.2) is 0 Å². The summed E-state index contributed by atoms with van der Waals surface area (Å²) >= 11 is 1.66. The van der Waals surface area contributed by atoms with Gasteiger partial charge in [0.25, 0.3) is 0 Å². The smallest absolute Gasteiger partial charge is 0.317 e. The molecule has 2 aromatic rings. The van der Waals surface area contributed by atoms with Crippen LogP contribution in [0.1, 0.15) is 29.8 Å². The summed E-state index contributed by atoms with van der Waals surface area (Å²) in [6, 6.07) is 7.43. The van der Waals surface area contributed by atoms with E-state index in [1.807, 2.05) is 18.4 Å². The highest BCUT2D eigenvalue weighted by Crippen LogP contribution is 2.34. The van der Waals surface area contributed by atoms with Crippen molar-refractivity contribution < 1.29 is 23.5 Å². The van der Waals surface area contributed by atoms with Crippen LogP contribution in [0.25, 0.3) is 0 Å². The minimum Gasteiger partial charge on any atom is -0.491 e. The Balaban J connectivity index is 1.73. The zero-order valence-electron chi connectivity index (χ0n) is 18.5. The third-order valence-electron chi connectivity index (χ3n) is 5.34. The normalized spacial score (nSPS) is 15.2. The fourth-order valence-corrected chi connectivity index (χ4v) is 4.70. The molecule has 0 spiro atoms. The number of thiophene rings is 1. The minimum atomic E-state index is -0.371. The third-order valence-corrected chi connectivity index (χ3v) is 6.33. The van der Waals surface area contributed by atoms with Gasteiger partial charge in [0.2, 0.25) is 5.91 Å². The number of nitrogens with zero attached hydrogens (tertiary/aromatic N) is 2. The van der Waals surface area contributed by atoms with Gasteiger partial charge in [-0.25, -0.2) is 9.18 Å². The Bertz CT molecular complexity index is 907. The number of amides is 3. The van der Waals surface area contributed by atoms with Crippen LogP contribution in [0, 0.1) is 5.82 Å². The van der Waals surface area contributed by atoms with Gasteiger partial charge in [0.1, 0.15) is 24.7 Å². The van der Waals surface area contributed by atoms with E-state index >= 15 is 0 Å². The van der Waals surface area contributed by atoms with Crippen LogP contribution in [0.2, 0.25) is 0 Å². The van der Waals surface area contributed by atoms with Crippen molar-refractivity contribution in [3.05, 3.63) is 52.0 Å². The number of nitrogens with one attached hydrogen (secondary N) is 1. The van der Waals surface area contributed by atoms with E-state index in [2.05, 4.69) is 5.32 Å². The summed E-state index contributed by atoms with van der Waals surface area (Å²) in [4.78, 5) is 30.3. The molecule has 1 aliphatic heterocycles. The predicted molar refractivity (Wildman–Crippen MR) is 122 cm³/mol. The quantitative estimate of drug-likeness (QED) is 0.548. The molecular formula is C23H30FN3O4S. The lowest BCUT2D eigenvalue weighted by molar-refractivity contribution is -0.135. The molecule has 0 saturated heterocycles. The van der Waals surface area contributed by atoms with Crippen molar-refractivity contribution in [3.8, 4) is 5.75 Å². The standard InChI is InChI=1S/C23H30FN3O4S/c1-3-25-23(29)26(10-5-12-30-2)15-22(28)27-11-8-21-19(9-13-32-21)20(27)16-31-18-7-4-6-17(24)14-18/h4,6-7,9,13-14,20H,3,5,8,10-12,15-16H2,1-2H3,(H,25,29). The molecule has 174 valence electrons. The van der Waals surface area contributed by atoms with Crippen molar-refractivity contribution in [2.75, 3.05) is 46.5 Å². The van der Waals surface area contributed by atoms with E-state index in [9.17, 15) is 14.0 Å². The zero-order valence-corrected chi connectivity index (χ0v) is 19.3. The Labute approximate surface area is 192 Å². The summed E-state index contributed by atoms with van der Waals surface area (Å²) in [7, 11) is 1.61. The molecule has 0 radical (unpaired) electrons. The molecule has 0 bridgehead atoms. The van der Waals surface area contributed by atoms with E-state index in [4.69, 9.17) is 9.47 Å². The molecule has 1 N–H and O–H groups in total. The van der Waals surface area contributed by atoms with Gasteiger partial charge in [-0.2, -0.15) is 0 Å². The fourth-order valence-electron chi connectivity index (χ4n) is 3.78. The zero-order chi connectivity index (χ0) is 22.9. The van der Waals surface area contributed by atoms with Gasteiger partial charge < -0.3 is 24.6 Å². The van der Waals surface area contributed by atoms with Crippen molar-refractivity contribution in [2.24, 2.45) is 0 Å². The first kappa shape index (κ1) is 24.0. The molecular weight excluding hydrogens is 433 g/mol. The highest BCUT2D eigenvalue weighted by atomic mass is 32.1. The number of hydrogen-bond donors (Lipinski definition) is 1. The van der Waals surface area contributed by atoms with Crippen LogP contribution in [0.5, 0.6) is 5.75 Å². The Kier molecular flexibility index (Phi) is 8.87. The highest BCUT2D eigenvalue weighted by Gasteiger charge is 2.33. The largest absolute Gasteiger partial charge is 0.491 e. The lowest BCUT2D eigenvalue weighted by Gasteiger charge is -2.37. The monoisotopic (exact) mass is 463 g/mol. The Morgan fingerprint density at radius 1 is 1.34 bits per heavy atom. The number of fused-ring (bicyclic) bond motifs is 1. The van der Waals surface area contributed by atoms with Crippen LogP contribution >= 0.6 is 11.3 Å². The molecule has 3 rings (SSSR count). The minimum absolute atomic E-state index is 0.0223. The number of urea groups is 1. The molecule has 7 nitrogen and oxygen atoms in total. The molecule has 9 heteroatoms. The summed E-state index contributed by atoms with van der Waals surface area (Å²) in [5.41, 5.74) is 1.05. The van der Waals surface area contributed by atoms with E-state index < -0.39 is 0 Å². The van der Waals surface area contributed by atoms with Gasteiger partial charge in [-0.15, -0.1) is 11.3 Å². The highest BCUT2D eigenvalue weighted by molar-refractivity contribution is 7.10. The molecule has 3 amide bonds. The van der Waals surface area contributed by atoms with E-state index in [1.54, 1.807) is 35.5 Å². The summed E-state index contributed by atoms with van der Waals surface area (Å²) in [6.07, 6.45) is 1.40. The lowest BCUT2D eigenvalue weighted by atomic mass is 10.0. The van der Waals surface area contributed by atoms with E-state index in [0.29, 0.717) is 38.4 Å². The number of rotatable bonds is 10. The molecule has 32 heavy (non-hydrogen) atoms. The van der Waals surface area contributed by atoms with Crippen LogP contribution in [0.15, 0.2) is 35.7 Å². The number of halogens is 1. The Hall–Kier alpha value is -2.65. The van der Waals surface area contributed by atoms with Gasteiger partial charge in [-0.05, 0) is 48.9 Å². The van der Waals surface area contributed by atoms with Gasteiger partial charge in [-0.1, -0.05) is 6.07 Å². The van der Waals surface area contributed by atoms with Crippen molar-refractivity contribution in [3.63, 3.8) is 0 Å². The maximum absolute atomic E-state index is 13.5. The van der Waals surface area contributed by atoms with Crippen molar-refractivity contribution >= 4 is 23.3 Å². The molecule has 1 atom stereocenters. The van der Waals surface area contributed by atoms with E-state index in [-0.39, 0.29) is 36.9 Å². The van der Waals surface area contributed by atoms with Crippen molar-refractivity contribution in [1.29, 1.82) is 0 Å². The summed E-state index contributed by atoms with van der Waals surface area (Å²) in [5.74, 6) is -0.0921. The first-order valence-electron chi connectivity index (χ1n) is 10.8. The summed E-state index contributed by atoms with van der Waals surface area (Å²) in [6.45, 7) is 4.00. The molecule has 1 unspecified atom stereocenters. The average Bonchev–Trinajstić information content (AvgIpc) is 3.26. The first-order valence-corrected chi connectivity index (χ1v) is 11.7. The molecule has 0 aliphatic carbocycles. The molecule has 2 heterocycles. The second-order valence-corrected chi connectivity index (χ2v) is 8.52. The number of hydrogen-bond acceptors (Lipinski definition) is 5. The molecule has 1 aromatic carbocycles. The maximum Gasteiger partial charge on any atom is 0.317 e.